The molecule has 1 aromatic carbocycles. The van der Waals surface area contributed by atoms with Gasteiger partial charge in [0.25, 0.3) is 11.8 Å². The molecule has 15 nitrogen and oxygen atoms in total. The Morgan fingerprint density at radius 3 is 2.33 bits per heavy atom. The molecule has 276 valence electrons. The van der Waals surface area contributed by atoms with E-state index in [-0.39, 0.29) is 54.2 Å². The monoisotopic (exact) mass is 741 g/mol. The molecule has 51 heavy (non-hydrogen) atoms. The van der Waals surface area contributed by atoms with Crippen LogP contribution in [0.25, 0.3) is 0 Å². The fourth-order valence-electron chi connectivity index (χ4n) is 5.45. The van der Waals surface area contributed by atoms with Crippen molar-refractivity contribution in [3.05, 3.63) is 76.0 Å². The van der Waals surface area contributed by atoms with Crippen molar-refractivity contribution in [1.29, 1.82) is 0 Å². The molecule has 6 N–H and O–H groups in total. The van der Waals surface area contributed by atoms with Crippen molar-refractivity contribution in [2.45, 2.75) is 71.6 Å². The van der Waals surface area contributed by atoms with Gasteiger partial charge in [-0.25, -0.2) is 4.98 Å². The van der Waals surface area contributed by atoms with Gasteiger partial charge in [-0.1, -0.05) is 19.9 Å². The molecule has 17 heteroatoms. The second kappa shape index (κ2) is 18.2. The van der Waals surface area contributed by atoms with Crippen molar-refractivity contribution in [1.82, 2.24) is 41.3 Å². The van der Waals surface area contributed by atoms with Crippen LogP contribution in [-0.2, 0) is 26.2 Å². The number of aromatic nitrogens is 2. The maximum absolute atomic E-state index is 13.9. The van der Waals surface area contributed by atoms with Gasteiger partial charge < -0.3 is 26.6 Å². The summed E-state index contributed by atoms with van der Waals surface area (Å²) in [5, 5.41) is 16.5. The summed E-state index contributed by atoms with van der Waals surface area (Å²) < 4.78 is 29.6. The first kappa shape index (κ1) is 39.3. The summed E-state index contributed by atoms with van der Waals surface area (Å²) in [4.78, 5) is 61.5. The van der Waals surface area contributed by atoms with E-state index >= 15 is 0 Å². The summed E-state index contributed by atoms with van der Waals surface area (Å²) in [6.45, 7) is 10.0. The van der Waals surface area contributed by atoms with Crippen molar-refractivity contribution in [3.63, 3.8) is 0 Å². The number of benzene rings is 1. The number of nitrogens with one attached hydrogen (secondary N) is 6. The smallest absolute Gasteiger partial charge is 0.301 e. The first-order chi connectivity index (χ1) is 24.3. The molecule has 1 aliphatic heterocycles. The molecule has 4 atom stereocenters. The second-order valence-electron chi connectivity index (χ2n) is 12.7. The molecule has 1 aliphatic rings. The number of thiazole rings is 1. The molecule has 0 bridgehead atoms. The standard InChI is InChI=1S/C34H47N9O6S2/c1-6-36-34(47)30(21(2)3)42-31(44)23(5)37-18-27(16-28-19-50-20-38-28)41-33(46)26-13-25(32(45)40-22(4)24-9-7-10-35-17-24)14-29(15-26)43-12-8-11-39-51(43,48)49/h7,9-10,13-15,17,19-23,27,30,37,39H,6,8,11-12,16,18H2,1-5H3,(H,36,47)(H,40,45)(H,41,46)(H,42,44)/t22?,23-,27-,30-/m0/s1. The summed E-state index contributed by atoms with van der Waals surface area (Å²) in [6, 6.07) is 5.49. The second-order valence-corrected chi connectivity index (χ2v) is 15.1. The lowest BCUT2D eigenvalue weighted by Crippen LogP contribution is -2.55. The number of likely N-dealkylation sites (N-methyl/N-ethyl adjacent to an activating group) is 1. The minimum atomic E-state index is -3.90. The number of nitrogens with zero attached hydrogens (tertiary/aromatic N) is 3. The van der Waals surface area contributed by atoms with Crippen LogP contribution in [0.3, 0.4) is 0 Å². The number of carbonyl (C=O) groups excluding carboxylic acids is 4. The number of carbonyl (C=O) groups is 4. The Hall–Kier alpha value is -4.45. The molecule has 0 saturated carbocycles. The highest BCUT2D eigenvalue weighted by atomic mass is 32.2. The van der Waals surface area contributed by atoms with Crippen molar-refractivity contribution < 1.29 is 27.6 Å². The summed E-state index contributed by atoms with van der Waals surface area (Å²) in [5.41, 5.74) is 3.51. The molecule has 0 aliphatic carbocycles. The van der Waals surface area contributed by atoms with Crippen LogP contribution in [0.4, 0.5) is 5.69 Å². The predicted octanol–water partition coefficient (Wildman–Crippen LogP) is 1.67. The van der Waals surface area contributed by atoms with Crippen LogP contribution < -0.4 is 35.6 Å². The lowest BCUT2D eigenvalue weighted by atomic mass is 10.0. The zero-order valence-corrected chi connectivity index (χ0v) is 31.1. The van der Waals surface area contributed by atoms with E-state index < -0.39 is 46.2 Å². The number of anilines is 1. The number of pyridine rings is 1. The highest BCUT2D eigenvalue weighted by Crippen LogP contribution is 2.25. The average molecular weight is 742 g/mol. The molecule has 3 heterocycles. The zero-order chi connectivity index (χ0) is 37.1. The summed E-state index contributed by atoms with van der Waals surface area (Å²) in [5.74, 6) is -1.83. The van der Waals surface area contributed by atoms with Crippen LogP contribution in [-0.4, -0.2) is 86.3 Å². The van der Waals surface area contributed by atoms with Gasteiger partial charge in [-0.05, 0) is 62.9 Å². The Morgan fingerprint density at radius 2 is 1.73 bits per heavy atom. The van der Waals surface area contributed by atoms with E-state index in [1.807, 2.05) is 25.3 Å². The van der Waals surface area contributed by atoms with Gasteiger partial charge in [0.05, 0.1) is 29.0 Å². The highest BCUT2D eigenvalue weighted by Gasteiger charge is 2.29. The van der Waals surface area contributed by atoms with Gasteiger partial charge in [0, 0.05) is 67.5 Å². The quantitative estimate of drug-likeness (QED) is 0.126. The zero-order valence-electron chi connectivity index (χ0n) is 29.4. The van der Waals surface area contributed by atoms with E-state index in [0.29, 0.717) is 19.4 Å². The molecule has 4 amide bonds. The molecule has 0 spiro atoms. The Labute approximate surface area is 303 Å². The normalized spacial score (nSPS) is 16.4. The van der Waals surface area contributed by atoms with Crippen LogP contribution in [0.1, 0.15) is 79.1 Å². The molecular weight excluding hydrogens is 695 g/mol. The molecule has 0 radical (unpaired) electrons. The van der Waals surface area contributed by atoms with Crippen LogP contribution in [0.5, 0.6) is 0 Å². The molecule has 2 aromatic heterocycles. The maximum atomic E-state index is 13.9. The van der Waals surface area contributed by atoms with Gasteiger partial charge in [-0.3, -0.25) is 28.5 Å². The summed E-state index contributed by atoms with van der Waals surface area (Å²) in [6.07, 6.45) is 4.12. The van der Waals surface area contributed by atoms with Crippen LogP contribution in [0, 0.1) is 5.92 Å². The molecule has 3 aromatic rings. The third kappa shape index (κ3) is 11.0. The number of amides is 4. The molecule has 1 unspecified atom stereocenters. The van der Waals surface area contributed by atoms with E-state index in [2.05, 4.69) is 41.3 Å². The van der Waals surface area contributed by atoms with Crippen molar-refractivity contribution in [3.8, 4) is 0 Å². The minimum Gasteiger partial charge on any atom is -0.355 e. The van der Waals surface area contributed by atoms with Crippen LogP contribution in [0.15, 0.2) is 53.6 Å². The Morgan fingerprint density at radius 1 is 1.00 bits per heavy atom. The largest absolute Gasteiger partial charge is 0.355 e. The highest BCUT2D eigenvalue weighted by molar-refractivity contribution is 7.90. The summed E-state index contributed by atoms with van der Waals surface area (Å²) >= 11 is 1.41. The van der Waals surface area contributed by atoms with Crippen LogP contribution >= 0.6 is 11.3 Å². The Balaban J connectivity index is 1.56. The lowest BCUT2D eigenvalue weighted by Gasteiger charge is -2.29. The van der Waals surface area contributed by atoms with Crippen molar-refractivity contribution in [2.75, 3.05) is 30.5 Å². The molecule has 1 fully saturated rings. The van der Waals surface area contributed by atoms with E-state index in [0.717, 1.165) is 15.6 Å². The molecule has 1 saturated heterocycles. The number of hydrogen-bond acceptors (Lipinski definition) is 10. The van der Waals surface area contributed by atoms with Gasteiger partial charge in [-0.15, -0.1) is 11.3 Å². The van der Waals surface area contributed by atoms with E-state index in [9.17, 15) is 27.6 Å². The van der Waals surface area contributed by atoms with Gasteiger partial charge in [-0.2, -0.15) is 13.1 Å². The topological polar surface area (TPSA) is 204 Å². The van der Waals surface area contributed by atoms with Crippen molar-refractivity contribution >= 4 is 50.9 Å². The Bertz CT molecular complexity index is 1760. The van der Waals surface area contributed by atoms with Crippen LogP contribution in [0.2, 0.25) is 0 Å². The fourth-order valence-corrected chi connectivity index (χ4v) is 7.33. The number of hydrogen-bond donors (Lipinski definition) is 6. The van der Waals surface area contributed by atoms with Gasteiger partial charge in [0.15, 0.2) is 0 Å². The first-order valence-electron chi connectivity index (χ1n) is 16.9. The van der Waals surface area contributed by atoms with Gasteiger partial charge in [0.2, 0.25) is 11.8 Å². The van der Waals surface area contributed by atoms with E-state index in [1.165, 1.54) is 29.5 Å². The average Bonchev–Trinajstić information content (AvgIpc) is 3.62. The fraction of sp³-hybridized carbons (Fsp3) is 0.471. The van der Waals surface area contributed by atoms with Gasteiger partial charge >= 0.3 is 10.2 Å². The number of rotatable bonds is 16. The minimum absolute atomic E-state index is 0.0724. The van der Waals surface area contributed by atoms with E-state index in [1.54, 1.807) is 44.7 Å². The Kier molecular flexibility index (Phi) is 14.0. The first-order valence-corrected chi connectivity index (χ1v) is 19.3. The molecule has 4 rings (SSSR count). The third-order valence-corrected chi connectivity index (χ3v) is 10.5. The third-order valence-electron chi connectivity index (χ3n) is 8.31. The maximum Gasteiger partial charge on any atom is 0.301 e. The molecular formula is C34H47N9O6S2. The van der Waals surface area contributed by atoms with Gasteiger partial charge in [0.1, 0.15) is 6.04 Å². The SMILES string of the molecule is CCNC(=O)[C@@H](NC(=O)[C@H](C)NC[C@H](Cc1cscn1)NC(=O)c1cc(C(=O)NC(C)c2cccnc2)cc(N2CCCNS2(=O)=O)c1)C(C)C. The van der Waals surface area contributed by atoms with E-state index in [4.69, 9.17) is 0 Å². The predicted molar refractivity (Wildman–Crippen MR) is 195 cm³/mol. The lowest BCUT2D eigenvalue weighted by molar-refractivity contribution is -0.130. The van der Waals surface area contributed by atoms with Crippen molar-refractivity contribution in [2.24, 2.45) is 5.92 Å². The summed E-state index contributed by atoms with van der Waals surface area (Å²) in [7, 11) is -3.90.